The van der Waals surface area contributed by atoms with Gasteiger partial charge in [-0.3, -0.25) is 0 Å². The highest BCUT2D eigenvalue weighted by Gasteiger charge is 2.60. The van der Waals surface area contributed by atoms with Crippen molar-refractivity contribution >= 4 is 26.1 Å². The van der Waals surface area contributed by atoms with Crippen LogP contribution in [0.25, 0.3) is 0 Å². The maximum Gasteiger partial charge on any atom is 0.174 e. The predicted molar refractivity (Wildman–Crippen MR) is 119 cm³/mol. The second-order valence-electron chi connectivity index (χ2n) is 10.5. The van der Waals surface area contributed by atoms with Gasteiger partial charge >= 0.3 is 0 Å². The van der Waals surface area contributed by atoms with Crippen molar-refractivity contribution in [2.75, 3.05) is 19.0 Å². The van der Waals surface area contributed by atoms with Crippen LogP contribution in [-0.4, -0.2) is 35.1 Å². The number of benzene rings is 1. The minimum Gasteiger partial charge on any atom is -0.477 e. The molecule has 26 heavy (non-hydrogen) atoms. The lowest BCUT2D eigenvalue weighted by atomic mass is 10.2. The number of hydrogen-bond donors (Lipinski definition) is 0. The van der Waals surface area contributed by atoms with Gasteiger partial charge in [0.25, 0.3) is 0 Å². The lowest BCUT2D eigenvalue weighted by Gasteiger charge is -2.47. The van der Waals surface area contributed by atoms with Crippen molar-refractivity contribution in [3.8, 4) is 5.75 Å². The molecule has 2 atom stereocenters. The molecule has 0 radical (unpaired) electrons. The fraction of sp³-hybridized carbons (Fsp3) is 0.714. The first kappa shape index (κ1) is 21.8. The summed E-state index contributed by atoms with van der Waals surface area (Å²) < 4.78 is 21.3. The third-order valence-electron chi connectivity index (χ3n) is 5.18. The first-order chi connectivity index (χ1) is 11.5. The third kappa shape index (κ3) is 3.35. The number of nitrogens with zero attached hydrogens (tertiary/aromatic N) is 1. The van der Waals surface area contributed by atoms with E-state index in [9.17, 15) is 4.57 Å². The molecule has 0 amide bonds. The van der Waals surface area contributed by atoms with Crippen molar-refractivity contribution in [2.45, 2.75) is 83.4 Å². The van der Waals surface area contributed by atoms with Crippen molar-refractivity contribution in [3.05, 3.63) is 18.2 Å². The molecule has 1 aliphatic rings. The van der Waals surface area contributed by atoms with E-state index in [4.69, 9.17) is 4.74 Å². The van der Waals surface area contributed by atoms with E-state index in [1.165, 1.54) is 11.0 Å². The highest BCUT2D eigenvalue weighted by atomic mass is 31.2. The Kier molecular flexibility index (Phi) is 5.46. The Morgan fingerprint density at radius 3 is 1.85 bits per heavy atom. The van der Waals surface area contributed by atoms with Crippen LogP contribution in [0.4, 0.5) is 5.69 Å². The highest BCUT2D eigenvalue weighted by molar-refractivity contribution is 7.84. The fourth-order valence-corrected chi connectivity index (χ4v) is 15.1. The van der Waals surface area contributed by atoms with Gasteiger partial charge in [0.1, 0.15) is 12.9 Å². The molecule has 0 bridgehead atoms. The maximum absolute atomic E-state index is 14.7. The molecule has 0 saturated carbocycles. The largest absolute Gasteiger partial charge is 0.477 e. The molecule has 0 aromatic heterocycles. The lowest BCUT2D eigenvalue weighted by Crippen LogP contribution is -2.38. The van der Waals surface area contributed by atoms with Crippen LogP contribution in [0.5, 0.6) is 5.75 Å². The number of fused-ring (bicyclic) bond motifs is 1. The van der Waals surface area contributed by atoms with Gasteiger partial charge in [0, 0.05) is 35.4 Å². The molecule has 1 aliphatic heterocycles. The van der Waals surface area contributed by atoms with Gasteiger partial charge in [-0.05, 0) is 25.2 Å². The van der Waals surface area contributed by atoms with E-state index in [2.05, 4.69) is 93.4 Å². The van der Waals surface area contributed by atoms with Gasteiger partial charge in [0.15, 0.2) is 5.59 Å². The van der Waals surface area contributed by atoms with E-state index >= 15 is 0 Å². The summed E-state index contributed by atoms with van der Waals surface area (Å²) in [4.78, 5) is 2.16. The van der Waals surface area contributed by atoms with E-state index < -0.39 is 15.1 Å². The molecule has 3 nitrogen and oxygen atoms in total. The van der Waals surface area contributed by atoms with Crippen LogP contribution in [0, 0.1) is 0 Å². The van der Waals surface area contributed by atoms with Crippen LogP contribution in [0.1, 0.15) is 62.3 Å². The summed E-state index contributed by atoms with van der Waals surface area (Å²) in [5, 5.41) is 0.645. The summed E-state index contributed by atoms with van der Waals surface area (Å²) in [6.07, 6.45) is 0. The molecular formula is C21H37NO2P2. The molecule has 5 heteroatoms. The molecule has 1 aromatic carbocycles. The molecule has 1 heterocycles. The maximum atomic E-state index is 14.7. The monoisotopic (exact) mass is 397 g/mol. The molecule has 1 aromatic rings. The van der Waals surface area contributed by atoms with E-state index in [1.807, 2.05) is 6.07 Å². The average Bonchev–Trinajstić information content (AvgIpc) is 2.82. The van der Waals surface area contributed by atoms with Gasteiger partial charge in [-0.15, -0.1) is 0 Å². The van der Waals surface area contributed by atoms with Gasteiger partial charge in [-0.25, -0.2) is 0 Å². The summed E-state index contributed by atoms with van der Waals surface area (Å²) in [6.45, 7) is 19.5. The Balaban J connectivity index is 2.79. The molecule has 0 aliphatic carbocycles. The Hall–Kier alpha value is -0.520. The molecule has 0 fully saturated rings. The van der Waals surface area contributed by atoms with Crippen molar-refractivity contribution in [2.24, 2.45) is 0 Å². The Labute approximate surface area is 162 Å². The summed E-state index contributed by atoms with van der Waals surface area (Å²) in [6, 6.07) is 6.26. The molecule has 2 rings (SSSR count). The number of rotatable bonds is 2. The topological polar surface area (TPSA) is 29.5 Å². The quantitative estimate of drug-likeness (QED) is 0.549. The average molecular weight is 397 g/mol. The number of hydrogen-bond acceptors (Lipinski definition) is 3. The summed E-state index contributed by atoms with van der Waals surface area (Å²) >= 11 is 0. The summed E-state index contributed by atoms with van der Waals surface area (Å²) in [5.41, 5.74) is 0.953. The van der Waals surface area contributed by atoms with E-state index in [-0.39, 0.29) is 21.1 Å². The van der Waals surface area contributed by atoms with Crippen molar-refractivity contribution in [1.82, 2.24) is 0 Å². The minimum absolute atomic E-state index is 0.00350. The van der Waals surface area contributed by atoms with Crippen LogP contribution in [0.2, 0.25) is 0 Å². The Morgan fingerprint density at radius 1 is 0.962 bits per heavy atom. The zero-order valence-electron chi connectivity index (χ0n) is 18.5. The van der Waals surface area contributed by atoms with Crippen LogP contribution >= 0.6 is 15.1 Å². The minimum atomic E-state index is -2.73. The van der Waals surface area contributed by atoms with Gasteiger partial charge in [-0.1, -0.05) is 68.4 Å². The molecule has 0 unspecified atom stereocenters. The van der Waals surface area contributed by atoms with E-state index in [0.29, 0.717) is 0 Å². The van der Waals surface area contributed by atoms with Gasteiger partial charge in [0.2, 0.25) is 0 Å². The smallest absolute Gasteiger partial charge is 0.174 e. The fourth-order valence-electron chi connectivity index (χ4n) is 4.06. The second-order valence-corrected chi connectivity index (χ2v) is 18.4. The van der Waals surface area contributed by atoms with Crippen molar-refractivity contribution < 1.29 is 9.30 Å². The Bertz CT molecular complexity index is 703. The SMILES string of the molecule is CN(C)c1cccc2c1[P@@](C(C)(C)C)[C@@H](P(=O)(C(C)(C)C)C(C)(C)C)O2. The Morgan fingerprint density at radius 2 is 1.46 bits per heavy atom. The van der Waals surface area contributed by atoms with Crippen LogP contribution in [0.15, 0.2) is 18.2 Å². The second kappa shape index (κ2) is 6.52. The number of ether oxygens (including phenoxy) is 1. The van der Waals surface area contributed by atoms with E-state index in [1.54, 1.807) is 0 Å². The zero-order valence-corrected chi connectivity index (χ0v) is 20.3. The molecule has 0 N–H and O–H groups in total. The molecule has 148 valence electrons. The predicted octanol–water partition coefficient (Wildman–Crippen LogP) is 6.29. The van der Waals surface area contributed by atoms with Crippen LogP contribution in [-0.2, 0) is 4.57 Å². The van der Waals surface area contributed by atoms with Crippen molar-refractivity contribution in [1.29, 1.82) is 0 Å². The van der Waals surface area contributed by atoms with Crippen LogP contribution < -0.4 is 14.9 Å². The summed E-state index contributed by atoms with van der Waals surface area (Å²) in [5.74, 6) is 0.927. The first-order valence-electron chi connectivity index (χ1n) is 9.40. The van der Waals surface area contributed by atoms with Crippen LogP contribution in [0.3, 0.4) is 0 Å². The first-order valence-corrected chi connectivity index (χ1v) is 12.6. The highest BCUT2D eigenvalue weighted by Crippen LogP contribution is 2.80. The van der Waals surface area contributed by atoms with E-state index in [0.717, 1.165) is 5.75 Å². The summed E-state index contributed by atoms with van der Waals surface area (Å²) in [7, 11) is 0.657. The molecular weight excluding hydrogens is 360 g/mol. The van der Waals surface area contributed by atoms with Gasteiger partial charge in [0.05, 0.1) is 0 Å². The van der Waals surface area contributed by atoms with Gasteiger partial charge in [-0.2, -0.15) is 0 Å². The standard InChI is InChI=1S/C21H37NO2P2/c1-19(2,3)25-17-15(22(10)11)13-12-14-16(17)24-18(25)26(23,20(4,5)6)21(7,8)9/h12-14,18H,1-11H3/t18-,25+/m0/s1. The number of anilines is 1. The van der Waals surface area contributed by atoms with Gasteiger partial charge < -0.3 is 14.2 Å². The third-order valence-corrected chi connectivity index (χ3v) is 14.5. The molecule has 0 saturated heterocycles. The molecule has 0 spiro atoms. The lowest BCUT2D eigenvalue weighted by molar-refractivity contribution is 0.341. The zero-order chi connectivity index (χ0) is 20.3. The van der Waals surface area contributed by atoms with Crippen molar-refractivity contribution in [3.63, 3.8) is 0 Å². The normalized spacial score (nSPS) is 21.3.